The van der Waals surface area contributed by atoms with Gasteiger partial charge in [-0.05, 0) is 62.1 Å². The minimum Gasteiger partial charge on any atom is -0.413 e. The van der Waals surface area contributed by atoms with Crippen LogP contribution in [0.5, 0.6) is 5.75 Å². The molecule has 5 heteroatoms. The Bertz CT molecular complexity index is 1050. The van der Waals surface area contributed by atoms with Crippen LogP contribution in [0.1, 0.15) is 39.5 Å². The summed E-state index contributed by atoms with van der Waals surface area (Å²) in [6.07, 6.45) is 0.637. The second kappa shape index (κ2) is 8.67. The Kier molecular flexibility index (Phi) is 6.24. The fourth-order valence-corrected chi connectivity index (χ4v) is 5.27. The number of hydrogen-bond donors (Lipinski definition) is 0. The van der Waals surface area contributed by atoms with E-state index >= 15 is 0 Å². The molecule has 0 saturated heterocycles. The quantitative estimate of drug-likeness (QED) is 0.475. The van der Waals surface area contributed by atoms with Crippen molar-refractivity contribution in [3.63, 3.8) is 0 Å². The number of benzene rings is 3. The van der Waals surface area contributed by atoms with Gasteiger partial charge in [-0.3, -0.25) is 0 Å². The molecule has 0 aliphatic carbocycles. The zero-order chi connectivity index (χ0) is 21.0. The van der Waals surface area contributed by atoms with Crippen molar-refractivity contribution in [1.82, 2.24) is 0 Å². The molecule has 0 spiro atoms. The standard InChI is InChI=1S/C24H25O4P/c1-5-20-11-9-10-14-22(20)29(26,27-21-12-7-6-8-13-21)28-24(25)23-18(3)15-17(2)16-19(23)4/h6-16H,5H2,1-4H3. The molecular formula is C24H25O4P. The van der Waals surface area contributed by atoms with Crippen molar-refractivity contribution in [3.8, 4) is 5.75 Å². The van der Waals surface area contributed by atoms with Crippen LogP contribution in [0.25, 0.3) is 0 Å². The van der Waals surface area contributed by atoms with Crippen molar-refractivity contribution in [2.45, 2.75) is 34.1 Å². The summed E-state index contributed by atoms with van der Waals surface area (Å²) in [6.45, 7) is 7.62. The number of carbonyl (C=O) groups excluding carboxylic acids is 1. The predicted molar refractivity (Wildman–Crippen MR) is 116 cm³/mol. The molecule has 0 saturated carbocycles. The summed E-state index contributed by atoms with van der Waals surface area (Å²) in [5.74, 6) is -0.267. The second-order valence-corrected chi connectivity index (χ2v) is 8.88. The average molecular weight is 408 g/mol. The largest absolute Gasteiger partial charge is 0.465 e. The van der Waals surface area contributed by atoms with Gasteiger partial charge in [-0.25, -0.2) is 9.36 Å². The molecule has 0 aliphatic rings. The van der Waals surface area contributed by atoms with Crippen molar-refractivity contribution in [2.75, 3.05) is 0 Å². The lowest BCUT2D eigenvalue weighted by molar-refractivity contribution is 0.0724. The third-order valence-corrected chi connectivity index (χ3v) is 6.60. The summed E-state index contributed by atoms with van der Waals surface area (Å²) in [6, 6.07) is 19.8. The van der Waals surface area contributed by atoms with Gasteiger partial charge >= 0.3 is 13.6 Å². The van der Waals surface area contributed by atoms with E-state index in [1.807, 2.05) is 58.0 Å². The van der Waals surface area contributed by atoms with Crippen LogP contribution in [0.15, 0.2) is 66.7 Å². The molecule has 0 aliphatic heterocycles. The molecule has 3 rings (SSSR count). The molecule has 3 aromatic rings. The molecule has 1 atom stereocenters. The molecule has 0 heterocycles. The highest BCUT2D eigenvalue weighted by atomic mass is 31.2. The van der Waals surface area contributed by atoms with Crippen LogP contribution in [0.4, 0.5) is 0 Å². The van der Waals surface area contributed by atoms with Gasteiger partial charge in [-0.15, -0.1) is 0 Å². The summed E-state index contributed by atoms with van der Waals surface area (Å²) in [4.78, 5) is 13.1. The summed E-state index contributed by atoms with van der Waals surface area (Å²) >= 11 is 0. The fraction of sp³-hybridized carbons (Fsp3) is 0.208. The van der Waals surface area contributed by atoms with Crippen molar-refractivity contribution >= 4 is 18.9 Å². The Balaban J connectivity index is 2.07. The Morgan fingerprint density at radius 2 is 1.48 bits per heavy atom. The van der Waals surface area contributed by atoms with Crippen LogP contribution in [0.3, 0.4) is 0 Å². The third-order valence-electron chi connectivity index (χ3n) is 4.72. The van der Waals surface area contributed by atoms with Gasteiger partial charge in [0.1, 0.15) is 5.75 Å². The maximum atomic E-state index is 14.0. The van der Waals surface area contributed by atoms with Gasteiger partial charge in [-0.1, -0.05) is 61.0 Å². The van der Waals surface area contributed by atoms with Gasteiger partial charge in [0, 0.05) is 0 Å². The van der Waals surface area contributed by atoms with Crippen molar-refractivity contribution in [2.24, 2.45) is 0 Å². The highest BCUT2D eigenvalue weighted by molar-refractivity contribution is 7.63. The number of para-hydroxylation sites is 1. The number of aryl methyl sites for hydroxylation is 4. The average Bonchev–Trinajstić information content (AvgIpc) is 2.67. The maximum absolute atomic E-state index is 14.0. The van der Waals surface area contributed by atoms with Gasteiger partial charge in [0.25, 0.3) is 0 Å². The van der Waals surface area contributed by atoms with E-state index in [0.717, 1.165) is 22.3 Å². The fourth-order valence-electron chi connectivity index (χ4n) is 3.47. The van der Waals surface area contributed by atoms with Gasteiger partial charge in [-0.2, -0.15) is 0 Å². The molecule has 0 N–H and O–H groups in total. The van der Waals surface area contributed by atoms with Crippen LogP contribution >= 0.6 is 7.60 Å². The molecule has 0 aromatic heterocycles. The molecule has 150 valence electrons. The first-order chi connectivity index (χ1) is 13.8. The van der Waals surface area contributed by atoms with Crippen molar-refractivity contribution in [3.05, 3.63) is 94.5 Å². The van der Waals surface area contributed by atoms with E-state index in [2.05, 4.69) is 0 Å². The van der Waals surface area contributed by atoms with E-state index in [9.17, 15) is 9.36 Å². The first kappa shape index (κ1) is 20.9. The van der Waals surface area contributed by atoms with Gasteiger partial charge < -0.3 is 9.05 Å². The second-order valence-electron chi connectivity index (χ2n) is 7.04. The zero-order valence-electron chi connectivity index (χ0n) is 17.1. The van der Waals surface area contributed by atoms with Gasteiger partial charge in [0.05, 0.1) is 10.9 Å². The monoisotopic (exact) mass is 408 g/mol. The lowest BCUT2D eigenvalue weighted by Gasteiger charge is -2.22. The van der Waals surface area contributed by atoms with Gasteiger partial charge in [0.2, 0.25) is 0 Å². The Morgan fingerprint density at radius 1 is 0.897 bits per heavy atom. The Labute approximate surface area is 172 Å². The lowest BCUT2D eigenvalue weighted by Crippen LogP contribution is -2.20. The number of hydrogen-bond acceptors (Lipinski definition) is 4. The van der Waals surface area contributed by atoms with E-state index in [0.29, 0.717) is 23.0 Å². The normalized spacial score (nSPS) is 12.8. The first-order valence-electron chi connectivity index (χ1n) is 9.59. The first-order valence-corrected chi connectivity index (χ1v) is 11.1. The topological polar surface area (TPSA) is 52.6 Å². The number of carbonyl (C=O) groups is 1. The maximum Gasteiger partial charge on any atom is 0.465 e. The summed E-state index contributed by atoms with van der Waals surface area (Å²) in [5, 5.41) is 0.405. The van der Waals surface area contributed by atoms with Crippen LogP contribution in [0, 0.1) is 20.8 Å². The van der Waals surface area contributed by atoms with Crippen LogP contribution in [-0.4, -0.2) is 5.97 Å². The SMILES string of the molecule is CCc1ccccc1P(=O)(OC(=O)c1c(C)cc(C)cc1C)Oc1ccccc1. The Hall–Kier alpha value is -2.84. The molecule has 0 amide bonds. The minimum absolute atomic E-state index is 0.381. The van der Waals surface area contributed by atoms with E-state index in [1.54, 1.807) is 36.4 Å². The van der Waals surface area contributed by atoms with E-state index < -0.39 is 13.6 Å². The third kappa shape index (κ3) is 4.60. The Morgan fingerprint density at radius 3 is 2.10 bits per heavy atom. The van der Waals surface area contributed by atoms with E-state index in [-0.39, 0.29) is 0 Å². The molecule has 4 nitrogen and oxygen atoms in total. The molecule has 29 heavy (non-hydrogen) atoms. The molecule has 3 aromatic carbocycles. The molecule has 0 radical (unpaired) electrons. The zero-order valence-corrected chi connectivity index (χ0v) is 18.0. The van der Waals surface area contributed by atoms with Crippen LogP contribution < -0.4 is 9.83 Å². The smallest absolute Gasteiger partial charge is 0.413 e. The molecule has 1 unspecified atom stereocenters. The highest BCUT2D eigenvalue weighted by Crippen LogP contribution is 2.49. The highest BCUT2D eigenvalue weighted by Gasteiger charge is 2.36. The van der Waals surface area contributed by atoms with Crippen LogP contribution in [-0.2, 0) is 15.5 Å². The van der Waals surface area contributed by atoms with Crippen molar-refractivity contribution in [1.29, 1.82) is 0 Å². The molecular weight excluding hydrogens is 383 g/mol. The lowest BCUT2D eigenvalue weighted by atomic mass is 10.0. The van der Waals surface area contributed by atoms with Gasteiger partial charge in [0.15, 0.2) is 0 Å². The minimum atomic E-state index is -3.97. The summed E-state index contributed by atoms with van der Waals surface area (Å²) < 4.78 is 25.5. The van der Waals surface area contributed by atoms with E-state index in [1.165, 1.54) is 0 Å². The summed E-state index contributed by atoms with van der Waals surface area (Å²) in [7, 11) is -3.97. The van der Waals surface area contributed by atoms with Crippen molar-refractivity contribution < 1.29 is 18.4 Å². The number of rotatable bonds is 6. The molecule has 0 fully saturated rings. The summed E-state index contributed by atoms with van der Waals surface area (Å²) in [5.41, 5.74) is 3.85. The predicted octanol–water partition coefficient (Wildman–Crippen LogP) is 5.93. The van der Waals surface area contributed by atoms with E-state index in [4.69, 9.17) is 9.05 Å². The molecule has 0 bridgehead atoms. The van der Waals surface area contributed by atoms with Crippen LogP contribution in [0.2, 0.25) is 0 Å².